The van der Waals surface area contributed by atoms with Gasteiger partial charge in [0.2, 0.25) is 5.91 Å². The zero-order valence-corrected chi connectivity index (χ0v) is 14.2. The molecule has 0 bridgehead atoms. The number of nitrogens with zero attached hydrogens (tertiary/aromatic N) is 1. The van der Waals surface area contributed by atoms with E-state index < -0.39 is 0 Å². The van der Waals surface area contributed by atoms with Gasteiger partial charge in [-0.3, -0.25) is 19.3 Å². The minimum absolute atomic E-state index is 0.0410. The molecule has 5 nitrogen and oxygen atoms in total. The molecule has 0 radical (unpaired) electrons. The minimum atomic E-state index is -0.288. The van der Waals surface area contributed by atoms with Crippen molar-refractivity contribution in [3.63, 3.8) is 0 Å². The summed E-state index contributed by atoms with van der Waals surface area (Å²) in [4.78, 5) is 38.0. The number of amides is 3. The molecule has 1 saturated carbocycles. The lowest BCUT2D eigenvalue weighted by Gasteiger charge is -2.14. The maximum atomic E-state index is 12.4. The lowest BCUT2D eigenvalue weighted by molar-refractivity contribution is -0.126. The Hall–Kier alpha value is -2.08. The fraction of sp³-hybridized carbons (Fsp3) is 0.389. The van der Waals surface area contributed by atoms with Crippen LogP contribution >= 0.6 is 11.8 Å². The lowest BCUT2D eigenvalue weighted by Crippen LogP contribution is -2.39. The molecule has 1 aliphatic heterocycles. The van der Waals surface area contributed by atoms with Gasteiger partial charge in [0, 0.05) is 19.0 Å². The van der Waals surface area contributed by atoms with Crippen LogP contribution in [-0.4, -0.2) is 35.0 Å². The van der Waals surface area contributed by atoms with Crippen molar-refractivity contribution in [2.24, 2.45) is 5.92 Å². The molecule has 126 valence electrons. The fourth-order valence-corrected chi connectivity index (χ4v) is 3.88. The van der Waals surface area contributed by atoms with Crippen molar-refractivity contribution < 1.29 is 14.4 Å². The molecule has 0 atom stereocenters. The van der Waals surface area contributed by atoms with Gasteiger partial charge in [0.15, 0.2) is 0 Å². The van der Waals surface area contributed by atoms with Gasteiger partial charge in [-0.25, -0.2) is 0 Å². The predicted octanol–water partition coefficient (Wildman–Crippen LogP) is 3.03. The standard InChI is InChI=1S/C18H20N2O3S/c21-16(14-8-4-5-9-14)19-10-11-20-17(22)15(24-18(20)23)12-13-6-2-1-3-7-13/h1-3,6-7,12,14H,4-5,8-11H2,(H,19,21)/b15-12+. The Morgan fingerprint density at radius 3 is 2.62 bits per heavy atom. The number of thioether (sulfide) groups is 1. The normalized spacial score (nSPS) is 20.2. The third-order valence-electron chi connectivity index (χ3n) is 4.33. The highest BCUT2D eigenvalue weighted by atomic mass is 32.2. The first-order valence-corrected chi connectivity index (χ1v) is 9.05. The van der Waals surface area contributed by atoms with Crippen molar-refractivity contribution in [2.45, 2.75) is 25.7 Å². The predicted molar refractivity (Wildman–Crippen MR) is 94.1 cm³/mol. The second-order valence-electron chi connectivity index (χ2n) is 6.02. The topological polar surface area (TPSA) is 66.5 Å². The number of rotatable bonds is 5. The van der Waals surface area contributed by atoms with Crippen molar-refractivity contribution in [2.75, 3.05) is 13.1 Å². The summed E-state index contributed by atoms with van der Waals surface area (Å²) < 4.78 is 0. The second kappa shape index (κ2) is 7.66. The Labute approximate surface area is 145 Å². The molecule has 2 aliphatic rings. The first-order valence-electron chi connectivity index (χ1n) is 8.23. The number of benzene rings is 1. The van der Waals surface area contributed by atoms with Gasteiger partial charge < -0.3 is 5.32 Å². The van der Waals surface area contributed by atoms with Crippen LogP contribution in [0.2, 0.25) is 0 Å². The van der Waals surface area contributed by atoms with Crippen LogP contribution in [0.3, 0.4) is 0 Å². The van der Waals surface area contributed by atoms with Crippen LogP contribution in [0.5, 0.6) is 0 Å². The average molecular weight is 344 g/mol. The number of nitrogens with one attached hydrogen (secondary N) is 1. The van der Waals surface area contributed by atoms with Crippen LogP contribution in [0.15, 0.2) is 35.2 Å². The van der Waals surface area contributed by atoms with Gasteiger partial charge >= 0.3 is 0 Å². The SMILES string of the molecule is O=C(NCCN1C(=O)S/C(=C/c2ccccc2)C1=O)C1CCCC1. The molecule has 0 spiro atoms. The number of carbonyl (C=O) groups is 3. The summed E-state index contributed by atoms with van der Waals surface area (Å²) in [5.74, 6) is -0.152. The maximum Gasteiger partial charge on any atom is 0.293 e. The average Bonchev–Trinajstić information content (AvgIpc) is 3.20. The van der Waals surface area contributed by atoms with Crippen molar-refractivity contribution in [3.05, 3.63) is 40.8 Å². The van der Waals surface area contributed by atoms with E-state index in [2.05, 4.69) is 5.32 Å². The summed E-state index contributed by atoms with van der Waals surface area (Å²) in [7, 11) is 0. The molecule has 6 heteroatoms. The van der Waals surface area contributed by atoms with E-state index in [4.69, 9.17) is 0 Å². The van der Waals surface area contributed by atoms with Gasteiger partial charge in [0.1, 0.15) is 0 Å². The monoisotopic (exact) mass is 344 g/mol. The zero-order valence-electron chi connectivity index (χ0n) is 13.4. The molecular formula is C18H20N2O3S. The molecule has 1 heterocycles. The van der Waals surface area contributed by atoms with E-state index >= 15 is 0 Å². The molecule has 1 N–H and O–H groups in total. The molecule has 1 aromatic rings. The molecule has 2 fully saturated rings. The van der Waals surface area contributed by atoms with Crippen LogP contribution in [-0.2, 0) is 9.59 Å². The fourth-order valence-electron chi connectivity index (χ4n) is 3.02. The van der Waals surface area contributed by atoms with Gasteiger partial charge in [-0.2, -0.15) is 0 Å². The summed E-state index contributed by atoms with van der Waals surface area (Å²) in [5.41, 5.74) is 0.887. The van der Waals surface area contributed by atoms with Crippen molar-refractivity contribution in [1.82, 2.24) is 10.2 Å². The van der Waals surface area contributed by atoms with Crippen LogP contribution in [0.4, 0.5) is 4.79 Å². The molecule has 0 unspecified atom stereocenters. The van der Waals surface area contributed by atoms with Gasteiger partial charge in [0.05, 0.1) is 4.91 Å². The molecule has 3 rings (SSSR count). The van der Waals surface area contributed by atoms with Gasteiger partial charge in [-0.1, -0.05) is 43.2 Å². The summed E-state index contributed by atoms with van der Waals surface area (Å²) in [6.45, 7) is 0.529. The Bertz CT molecular complexity index is 666. The number of hydrogen-bond donors (Lipinski definition) is 1. The summed E-state index contributed by atoms with van der Waals surface area (Å²) in [5, 5.41) is 2.56. The molecule has 3 amide bonds. The Morgan fingerprint density at radius 1 is 1.21 bits per heavy atom. The Balaban J connectivity index is 1.54. The third-order valence-corrected chi connectivity index (χ3v) is 5.24. The largest absolute Gasteiger partial charge is 0.354 e. The quantitative estimate of drug-likeness (QED) is 0.834. The van der Waals surface area contributed by atoms with E-state index in [0.29, 0.717) is 11.4 Å². The van der Waals surface area contributed by atoms with Crippen molar-refractivity contribution in [3.8, 4) is 0 Å². The Kier molecular flexibility index (Phi) is 5.35. The first kappa shape index (κ1) is 16.8. The minimum Gasteiger partial charge on any atom is -0.354 e. The molecule has 24 heavy (non-hydrogen) atoms. The highest BCUT2D eigenvalue weighted by molar-refractivity contribution is 8.18. The summed E-state index contributed by atoms with van der Waals surface area (Å²) in [6, 6.07) is 9.44. The first-order chi connectivity index (χ1) is 11.6. The maximum absolute atomic E-state index is 12.4. The second-order valence-corrected chi connectivity index (χ2v) is 7.01. The van der Waals surface area contributed by atoms with Crippen LogP contribution in [0, 0.1) is 5.92 Å². The van der Waals surface area contributed by atoms with Crippen LogP contribution < -0.4 is 5.32 Å². The summed E-state index contributed by atoms with van der Waals surface area (Å²) >= 11 is 0.947. The van der Waals surface area contributed by atoms with Crippen LogP contribution in [0.1, 0.15) is 31.2 Å². The number of imide groups is 1. The molecular weight excluding hydrogens is 324 g/mol. The summed E-state index contributed by atoms with van der Waals surface area (Å²) in [6.07, 6.45) is 5.80. The van der Waals surface area contributed by atoms with E-state index in [1.54, 1.807) is 6.08 Å². The molecule has 1 aromatic carbocycles. The number of hydrogen-bond acceptors (Lipinski definition) is 4. The van der Waals surface area contributed by atoms with E-state index in [-0.39, 0.29) is 29.5 Å². The van der Waals surface area contributed by atoms with Crippen molar-refractivity contribution in [1.29, 1.82) is 0 Å². The molecule has 1 saturated heterocycles. The third kappa shape index (κ3) is 3.87. The van der Waals surface area contributed by atoms with E-state index in [0.717, 1.165) is 43.0 Å². The smallest absolute Gasteiger partial charge is 0.293 e. The Morgan fingerprint density at radius 2 is 1.92 bits per heavy atom. The zero-order chi connectivity index (χ0) is 16.9. The van der Waals surface area contributed by atoms with Crippen molar-refractivity contribution >= 4 is 34.9 Å². The van der Waals surface area contributed by atoms with Crippen LogP contribution in [0.25, 0.3) is 6.08 Å². The molecule has 1 aliphatic carbocycles. The molecule has 0 aromatic heterocycles. The van der Waals surface area contributed by atoms with E-state index in [1.807, 2.05) is 30.3 Å². The van der Waals surface area contributed by atoms with Gasteiger partial charge in [-0.15, -0.1) is 0 Å². The van der Waals surface area contributed by atoms with Gasteiger partial charge in [-0.05, 0) is 36.2 Å². The highest BCUT2D eigenvalue weighted by Gasteiger charge is 2.34. The highest BCUT2D eigenvalue weighted by Crippen LogP contribution is 2.31. The van der Waals surface area contributed by atoms with E-state index in [1.165, 1.54) is 4.90 Å². The lowest BCUT2D eigenvalue weighted by atomic mass is 10.1. The van der Waals surface area contributed by atoms with Gasteiger partial charge in [0.25, 0.3) is 11.1 Å². The van der Waals surface area contributed by atoms with E-state index in [9.17, 15) is 14.4 Å². The number of carbonyl (C=O) groups excluding carboxylic acids is 3.